The summed E-state index contributed by atoms with van der Waals surface area (Å²) in [4.78, 5) is 25.1. The molecule has 1 aliphatic rings. The number of nitrogens with zero attached hydrogens (tertiary/aromatic N) is 1. The van der Waals surface area contributed by atoms with E-state index in [2.05, 4.69) is 22.5 Å². The van der Waals surface area contributed by atoms with Crippen molar-refractivity contribution in [3.63, 3.8) is 0 Å². The van der Waals surface area contributed by atoms with Gasteiger partial charge in [-0.2, -0.15) is 0 Å². The Morgan fingerprint density at radius 2 is 1.60 bits per heavy atom. The first-order chi connectivity index (χ1) is 12.2. The third-order valence-electron chi connectivity index (χ3n) is 4.88. The maximum Gasteiger partial charge on any atom is 0.234 e. The molecule has 5 nitrogen and oxygen atoms in total. The molecule has 0 saturated carbocycles. The monoisotopic (exact) mass is 353 g/mol. The van der Waals surface area contributed by atoms with Gasteiger partial charge >= 0.3 is 0 Å². The molecule has 2 N–H and O–H groups in total. The number of carbonyl (C=O) groups excluding carboxylic acids is 2. The molecule has 0 aliphatic carbocycles. The van der Waals surface area contributed by atoms with Gasteiger partial charge < -0.3 is 10.6 Å². The van der Waals surface area contributed by atoms with Crippen molar-refractivity contribution in [1.82, 2.24) is 15.5 Å². The van der Waals surface area contributed by atoms with Crippen LogP contribution < -0.4 is 10.6 Å². The van der Waals surface area contributed by atoms with Gasteiger partial charge in [-0.3, -0.25) is 14.5 Å². The molecule has 0 unspecified atom stereocenters. The normalized spacial score (nSPS) is 15.2. The molecule has 1 rings (SSSR count). The number of nitrogens with one attached hydrogen (secondary N) is 2. The zero-order valence-electron chi connectivity index (χ0n) is 16.3. The number of carbonyl (C=O) groups is 2. The molecule has 1 fully saturated rings. The molecule has 0 aromatic carbocycles. The lowest BCUT2D eigenvalue weighted by Gasteiger charge is -2.26. The van der Waals surface area contributed by atoms with Crippen molar-refractivity contribution in [2.75, 3.05) is 32.7 Å². The molecule has 5 heteroatoms. The van der Waals surface area contributed by atoms with Crippen molar-refractivity contribution < 1.29 is 9.59 Å². The fourth-order valence-electron chi connectivity index (χ4n) is 3.27. The second-order valence-electron chi connectivity index (χ2n) is 7.26. The molecule has 0 radical (unpaired) electrons. The van der Waals surface area contributed by atoms with E-state index < -0.39 is 0 Å². The van der Waals surface area contributed by atoms with Crippen LogP contribution in [0.1, 0.15) is 84.0 Å². The maximum absolute atomic E-state index is 11.8. The van der Waals surface area contributed by atoms with Crippen LogP contribution in [-0.2, 0) is 9.59 Å². The summed E-state index contributed by atoms with van der Waals surface area (Å²) in [6.07, 6.45) is 15.0. The maximum atomic E-state index is 11.8. The number of rotatable bonds is 15. The predicted octanol–water partition coefficient (Wildman–Crippen LogP) is 3.24. The Labute approximate surface area is 154 Å². The molecule has 0 bridgehead atoms. The van der Waals surface area contributed by atoms with Gasteiger partial charge in [0, 0.05) is 32.6 Å². The third-order valence-corrected chi connectivity index (χ3v) is 4.88. The summed E-state index contributed by atoms with van der Waals surface area (Å²) in [6, 6.07) is 0. The predicted molar refractivity (Wildman–Crippen MR) is 104 cm³/mol. The lowest BCUT2D eigenvalue weighted by atomic mass is 10.1. The van der Waals surface area contributed by atoms with Crippen LogP contribution >= 0.6 is 0 Å². The Hall–Kier alpha value is -1.10. The summed E-state index contributed by atoms with van der Waals surface area (Å²) in [6.45, 7) is 5.70. The summed E-state index contributed by atoms with van der Waals surface area (Å²) in [5.74, 6) is 0.232. The van der Waals surface area contributed by atoms with E-state index >= 15 is 0 Å². The Morgan fingerprint density at radius 3 is 2.20 bits per heavy atom. The summed E-state index contributed by atoms with van der Waals surface area (Å²) < 4.78 is 0. The quantitative estimate of drug-likeness (QED) is 0.444. The van der Waals surface area contributed by atoms with Crippen LogP contribution in [0.25, 0.3) is 0 Å². The number of hydrogen-bond acceptors (Lipinski definition) is 3. The molecular weight excluding hydrogens is 314 g/mol. The highest BCUT2D eigenvalue weighted by Crippen LogP contribution is 2.11. The van der Waals surface area contributed by atoms with Gasteiger partial charge in [-0.05, 0) is 6.42 Å². The van der Waals surface area contributed by atoms with Gasteiger partial charge in [0.15, 0.2) is 0 Å². The molecule has 0 aromatic heterocycles. The summed E-state index contributed by atoms with van der Waals surface area (Å²) in [7, 11) is 0. The SMILES string of the molecule is CCCCCCCCCCCCCC(=O)NCCN1CCNC(=O)C1. The van der Waals surface area contributed by atoms with Crippen LogP contribution in [-0.4, -0.2) is 49.4 Å². The Kier molecular flexibility index (Phi) is 13.3. The van der Waals surface area contributed by atoms with Gasteiger partial charge in [-0.1, -0.05) is 71.1 Å². The standard InChI is InChI=1S/C20H39N3O2/c1-2-3-4-5-6-7-8-9-10-11-12-13-19(24)21-14-16-23-17-15-22-20(25)18-23/h2-18H2,1H3,(H,21,24)(H,22,25). The van der Waals surface area contributed by atoms with Crippen LogP contribution in [0.15, 0.2) is 0 Å². The minimum atomic E-state index is 0.0820. The van der Waals surface area contributed by atoms with E-state index in [0.717, 1.165) is 25.9 Å². The van der Waals surface area contributed by atoms with Crippen LogP contribution in [0, 0.1) is 0 Å². The smallest absolute Gasteiger partial charge is 0.234 e. The average Bonchev–Trinajstić information content (AvgIpc) is 2.60. The number of piperazine rings is 1. The summed E-state index contributed by atoms with van der Waals surface area (Å²) in [5, 5.41) is 5.77. The topological polar surface area (TPSA) is 61.4 Å². The van der Waals surface area contributed by atoms with Crippen LogP contribution in [0.4, 0.5) is 0 Å². The van der Waals surface area contributed by atoms with E-state index in [1.165, 1.54) is 57.8 Å². The molecule has 1 heterocycles. The van der Waals surface area contributed by atoms with Crippen molar-refractivity contribution in [2.24, 2.45) is 0 Å². The van der Waals surface area contributed by atoms with Crippen LogP contribution in [0.2, 0.25) is 0 Å². The lowest BCUT2D eigenvalue weighted by molar-refractivity contribution is -0.124. The van der Waals surface area contributed by atoms with Crippen LogP contribution in [0.3, 0.4) is 0 Å². The second-order valence-corrected chi connectivity index (χ2v) is 7.26. The van der Waals surface area contributed by atoms with E-state index in [4.69, 9.17) is 0 Å². The fraction of sp³-hybridized carbons (Fsp3) is 0.900. The Bertz CT molecular complexity index is 361. The van der Waals surface area contributed by atoms with Crippen molar-refractivity contribution in [1.29, 1.82) is 0 Å². The van der Waals surface area contributed by atoms with E-state index in [0.29, 0.717) is 26.1 Å². The van der Waals surface area contributed by atoms with Crippen molar-refractivity contribution in [3.8, 4) is 0 Å². The van der Waals surface area contributed by atoms with E-state index in [9.17, 15) is 9.59 Å². The first-order valence-electron chi connectivity index (χ1n) is 10.5. The van der Waals surface area contributed by atoms with Crippen LogP contribution in [0.5, 0.6) is 0 Å². The molecule has 0 spiro atoms. The van der Waals surface area contributed by atoms with Gasteiger partial charge in [0.2, 0.25) is 11.8 Å². The summed E-state index contributed by atoms with van der Waals surface area (Å²) >= 11 is 0. The Balaban J connectivity index is 1.82. The van der Waals surface area contributed by atoms with E-state index in [1.807, 2.05) is 0 Å². The molecule has 0 atom stereocenters. The molecule has 1 saturated heterocycles. The number of amides is 2. The van der Waals surface area contributed by atoms with Crippen molar-refractivity contribution >= 4 is 11.8 Å². The third kappa shape index (κ3) is 12.9. The molecular formula is C20H39N3O2. The lowest BCUT2D eigenvalue weighted by Crippen LogP contribution is -2.49. The van der Waals surface area contributed by atoms with Gasteiger partial charge in [-0.15, -0.1) is 0 Å². The minimum absolute atomic E-state index is 0.0820. The summed E-state index contributed by atoms with van der Waals surface area (Å²) in [5.41, 5.74) is 0. The first-order valence-corrected chi connectivity index (χ1v) is 10.5. The van der Waals surface area contributed by atoms with Gasteiger partial charge in [0.05, 0.1) is 6.54 Å². The molecule has 2 amide bonds. The molecule has 25 heavy (non-hydrogen) atoms. The highest BCUT2D eigenvalue weighted by molar-refractivity contribution is 5.78. The number of hydrogen-bond donors (Lipinski definition) is 2. The van der Waals surface area contributed by atoms with E-state index in [1.54, 1.807) is 0 Å². The zero-order valence-corrected chi connectivity index (χ0v) is 16.3. The van der Waals surface area contributed by atoms with Gasteiger partial charge in [0.25, 0.3) is 0 Å². The molecule has 146 valence electrons. The van der Waals surface area contributed by atoms with Crippen molar-refractivity contribution in [3.05, 3.63) is 0 Å². The van der Waals surface area contributed by atoms with Crippen molar-refractivity contribution in [2.45, 2.75) is 84.0 Å². The highest BCUT2D eigenvalue weighted by atomic mass is 16.2. The minimum Gasteiger partial charge on any atom is -0.355 e. The van der Waals surface area contributed by atoms with E-state index in [-0.39, 0.29) is 11.8 Å². The zero-order chi connectivity index (χ0) is 18.2. The van der Waals surface area contributed by atoms with Gasteiger partial charge in [-0.25, -0.2) is 0 Å². The molecule has 1 aliphatic heterocycles. The Morgan fingerprint density at radius 1 is 1.00 bits per heavy atom. The molecule has 0 aromatic rings. The highest BCUT2D eigenvalue weighted by Gasteiger charge is 2.15. The second kappa shape index (κ2) is 15.2. The largest absolute Gasteiger partial charge is 0.355 e. The average molecular weight is 354 g/mol. The number of unbranched alkanes of at least 4 members (excludes halogenated alkanes) is 10. The fourth-order valence-corrected chi connectivity index (χ4v) is 3.27. The van der Waals surface area contributed by atoms with Gasteiger partial charge in [0.1, 0.15) is 0 Å². The first kappa shape index (κ1) is 21.9.